The average Bonchev–Trinajstić information content (AvgIpc) is 2.79. The van der Waals surface area contributed by atoms with E-state index in [2.05, 4.69) is 48.5 Å². The van der Waals surface area contributed by atoms with E-state index in [0.717, 1.165) is 16.7 Å². The van der Waals surface area contributed by atoms with Gasteiger partial charge in [-0.1, -0.05) is 0 Å². The third-order valence-corrected chi connectivity index (χ3v) is 7.83. The van der Waals surface area contributed by atoms with Gasteiger partial charge in [0.15, 0.2) is 0 Å². The Bertz CT molecular complexity index is 946. The molecule has 0 bridgehead atoms. The van der Waals surface area contributed by atoms with Gasteiger partial charge in [0, 0.05) is 0 Å². The van der Waals surface area contributed by atoms with Crippen LogP contribution in [-0.4, -0.2) is 20.1 Å². The molecule has 0 heterocycles. The molecular weight excluding hydrogens is 407 g/mol. The molecule has 0 fully saturated rings. The van der Waals surface area contributed by atoms with Gasteiger partial charge in [-0.2, -0.15) is 0 Å². The Morgan fingerprint density at radius 1 is 0.536 bits per heavy atom. The Kier molecular flexibility index (Phi) is 5.73. The van der Waals surface area contributed by atoms with Crippen molar-refractivity contribution in [3.8, 4) is 0 Å². The molecule has 0 aliphatic heterocycles. The molecule has 0 aliphatic rings. The SMILES string of the molecule is OC(c1ccccc1)(c1ccccc1)C([Se]c1ccccc1)c1ccccc1. The summed E-state index contributed by atoms with van der Waals surface area (Å²) >= 11 is 0.0308. The summed E-state index contributed by atoms with van der Waals surface area (Å²) in [5.41, 5.74) is 1.89. The minimum atomic E-state index is -1.11. The molecule has 1 unspecified atom stereocenters. The van der Waals surface area contributed by atoms with Crippen LogP contribution in [0.15, 0.2) is 121 Å². The molecule has 4 rings (SSSR count). The van der Waals surface area contributed by atoms with Crippen LogP contribution in [0.1, 0.15) is 21.5 Å². The van der Waals surface area contributed by atoms with Gasteiger partial charge in [-0.25, -0.2) is 0 Å². The first-order valence-electron chi connectivity index (χ1n) is 9.38. The van der Waals surface area contributed by atoms with E-state index >= 15 is 0 Å². The first-order valence-corrected chi connectivity index (χ1v) is 11.2. The fourth-order valence-electron chi connectivity index (χ4n) is 3.51. The van der Waals surface area contributed by atoms with Crippen LogP contribution in [0.2, 0.25) is 0 Å². The Balaban J connectivity index is 1.91. The molecule has 138 valence electrons. The zero-order valence-electron chi connectivity index (χ0n) is 15.5. The van der Waals surface area contributed by atoms with Gasteiger partial charge in [-0.15, -0.1) is 0 Å². The minimum absolute atomic E-state index is 0.0308. The number of aliphatic hydroxyl groups is 1. The molecule has 4 aromatic carbocycles. The quantitative estimate of drug-likeness (QED) is 0.441. The molecule has 1 nitrogen and oxygen atoms in total. The summed E-state index contributed by atoms with van der Waals surface area (Å²) in [7, 11) is 0. The van der Waals surface area contributed by atoms with E-state index in [0.29, 0.717) is 0 Å². The summed E-state index contributed by atoms with van der Waals surface area (Å²) in [6.07, 6.45) is 0. The molecule has 0 spiro atoms. The normalized spacial score (nSPS) is 12.5. The van der Waals surface area contributed by atoms with E-state index < -0.39 is 5.60 Å². The molecule has 4 aromatic rings. The standard InChI is InChI=1S/C26H22OSe/c27-26(22-15-7-2-8-16-22,23-17-9-3-10-18-23)25(21-13-5-1-6-14-21)28-24-19-11-4-12-20-24/h1-20,25,27H. The van der Waals surface area contributed by atoms with Crippen molar-refractivity contribution in [1.82, 2.24) is 0 Å². The zero-order valence-corrected chi connectivity index (χ0v) is 17.2. The Morgan fingerprint density at radius 2 is 0.929 bits per heavy atom. The predicted molar refractivity (Wildman–Crippen MR) is 117 cm³/mol. The molecule has 0 amide bonds. The molecule has 0 aliphatic carbocycles. The average molecular weight is 429 g/mol. The van der Waals surface area contributed by atoms with Crippen LogP contribution in [0.25, 0.3) is 0 Å². The Hall–Kier alpha value is -2.64. The van der Waals surface area contributed by atoms with Crippen LogP contribution < -0.4 is 4.46 Å². The molecule has 28 heavy (non-hydrogen) atoms. The van der Waals surface area contributed by atoms with Gasteiger partial charge in [-0.05, 0) is 0 Å². The van der Waals surface area contributed by atoms with E-state index in [1.807, 2.05) is 72.8 Å². The van der Waals surface area contributed by atoms with Crippen molar-refractivity contribution < 1.29 is 5.11 Å². The van der Waals surface area contributed by atoms with Gasteiger partial charge in [0.05, 0.1) is 0 Å². The van der Waals surface area contributed by atoms with E-state index in [1.54, 1.807) is 0 Å². The van der Waals surface area contributed by atoms with E-state index in [9.17, 15) is 5.11 Å². The van der Waals surface area contributed by atoms with Crippen molar-refractivity contribution in [2.45, 2.75) is 10.4 Å². The van der Waals surface area contributed by atoms with Crippen LogP contribution >= 0.6 is 0 Å². The topological polar surface area (TPSA) is 20.2 Å². The third-order valence-electron chi connectivity index (χ3n) is 4.91. The van der Waals surface area contributed by atoms with Crippen molar-refractivity contribution in [2.75, 3.05) is 0 Å². The van der Waals surface area contributed by atoms with Gasteiger partial charge in [0.25, 0.3) is 0 Å². The first kappa shape index (κ1) is 18.7. The van der Waals surface area contributed by atoms with Gasteiger partial charge in [0.1, 0.15) is 0 Å². The fraction of sp³-hybridized carbons (Fsp3) is 0.0769. The van der Waals surface area contributed by atoms with Crippen LogP contribution in [-0.2, 0) is 5.60 Å². The summed E-state index contributed by atoms with van der Waals surface area (Å²) in [6.45, 7) is 0. The van der Waals surface area contributed by atoms with Crippen molar-refractivity contribution >= 4 is 19.4 Å². The monoisotopic (exact) mass is 430 g/mol. The van der Waals surface area contributed by atoms with Crippen molar-refractivity contribution in [2.24, 2.45) is 0 Å². The Morgan fingerprint density at radius 3 is 1.39 bits per heavy atom. The van der Waals surface area contributed by atoms with E-state index in [1.165, 1.54) is 4.46 Å². The Labute approximate surface area is 172 Å². The molecular formula is C26H22OSe. The van der Waals surface area contributed by atoms with Crippen LogP contribution in [0, 0.1) is 0 Å². The zero-order chi connectivity index (χ0) is 19.2. The van der Waals surface area contributed by atoms with Gasteiger partial charge in [-0.3, -0.25) is 0 Å². The van der Waals surface area contributed by atoms with E-state index in [-0.39, 0.29) is 19.8 Å². The predicted octanol–water partition coefficient (Wildman–Crippen LogP) is 4.69. The van der Waals surface area contributed by atoms with Crippen LogP contribution in [0.5, 0.6) is 0 Å². The van der Waals surface area contributed by atoms with Gasteiger partial charge in [0.2, 0.25) is 0 Å². The molecule has 0 saturated heterocycles. The van der Waals surface area contributed by atoms with E-state index in [4.69, 9.17) is 0 Å². The summed E-state index contributed by atoms with van der Waals surface area (Å²) in [6, 6.07) is 41.0. The molecule has 0 aromatic heterocycles. The van der Waals surface area contributed by atoms with Gasteiger partial charge < -0.3 is 0 Å². The molecule has 0 radical (unpaired) electrons. The first-order chi connectivity index (χ1) is 13.8. The second kappa shape index (κ2) is 8.58. The molecule has 2 heteroatoms. The fourth-order valence-corrected chi connectivity index (χ4v) is 6.29. The van der Waals surface area contributed by atoms with Crippen LogP contribution in [0.4, 0.5) is 0 Å². The van der Waals surface area contributed by atoms with Crippen molar-refractivity contribution in [3.05, 3.63) is 138 Å². The molecule has 1 atom stereocenters. The number of hydrogen-bond acceptors (Lipinski definition) is 1. The molecule has 1 N–H and O–H groups in total. The van der Waals surface area contributed by atoms with Crippen molar-refractivity contribution in [1.29, 1.82) is 0 Å². The maximum atomic E-state index is 12.3. The molecule has 0 saturated carbocycles. The summed E-state index contributed by atoms with van der Waals surface area (Å²) in [4.78, 5) is -0.0617. The maximum absolute atomic E-state index is 12.3. The number of rotatable bonds is 6. The number of benzene rings is 4. The summed E-state index contributed by atoms with van der Waals surface area (Å²) < 4.78 is 1.27. The van der Waals surface area contributed by atoms with Crippen LogP contribution in [0.3, 0.4) is 0 Å². The number of hydrogen-bond donors (Lipinski definition) is 1. The second-order valence-electron chi connectivity index (χ2n) is 6.72. The van der Waals surface area contributed by atoms with Crippen molar-refractivity contribution in [3.63, 3.8) is 0 Å². The summed E-state index contributed by atoms with van der Waals surface area (Å²) in [5, 5.41) is 12.3. The second-order valence-corrected chi connectivity index (χ2v) is 9.19. The third kappa shape index (κ3) is 3.81. The summed E-state index contributed by atoms with van der Waals surface area (Å²) in [5.74, 6) is 0. The van der Waals surface area contributed by atoms with Gasteiger partial charge >= 0.3 is 173 Å².